The smallest absolute Gasteiger partial charge is 0.311 e. The third-order valence-corrected chi connectivity index (χ3v) is 1.92. The Hall–Kier alpha value is -0.648. The second-order valence-corrected chi connectivity index (χ2v) is 3.21. The third kappa shape index (κ3) is 4.59. The molecule has 0 saturated heterocycles. The van der Waals surface area contributed by atoms with Gasteiger partial charge in [0.1, 0.15) is 0 Å². The van der Waals surface area contributed by atoms with Gasteiger partial charge in [0, 0.05) is 20.4 Å². The molecule has 1 aromatic carbocycles. The SMILES string of the molecule is CC(C)(C(=O)O)c1[c-]cccc1.[CH3-].[CH3-].[Pd]. The topological polar surface area (TPSA) is 37.3 Å². The molecule has 0 spiro atoms. The molecule has 0 aliphatic heterocycles. The van der Waals surface area contributed by atoms with E-state index in [1.807, 2.05) is 12.1 Å². The van der Waals surface area contributed by atoms with Gasteiger partial charge in [0.15, 0.2) is 0 Å². The minimum absolute atomic E-state index is 0. The summed E-state index contributed by atoms with van der Waals surface area (Å²) in [6.07, 6.45) is 0. The van der Waals surface area contributed by atoms with E-state index in [2.05, 4.69) is 6.07 Å². The Morgan fingerprint density at radius 2 is 1.87 bits per heavy atom. The number of aliphatic carboxylic acids is 1. The van der Waals surface area contributed by atoms with Crippen LogP contribution in [-0.2, 0) is 30.6 Å². The fourth-order valence-corrected chi connectivity index (χ4v) is 0.897. The Balaban J connectivity index is -0.000000480. The van der Waals surface area contributed by atoms with Crippen molar-refractivity contribution in [2.75, 3.05) is 0 Å². The van der Waals surface area contributed by atoms with Crippen LogP contribution in [0.15, 0.2) is 24.3 Å². The summed E-state index contributed by atoms with van der Waals surface area (Å²) < 4.78 is 0. The molecule has 3 heteroatoms. The zero-order valence-corrected chi connectivity index (χ0v) is 11.0. The van der Waals surface area contributed by atoms with Crippen LogP contribution in [0.2, 0.25) is 0 Å². The van der Waals surface area contributed by atoms with Crippen LogP contribution in [0, 0.1) is 20.9 Å². The van der Waals surface area contributed by atoms with Gasteiger partial charge in [0.05, 0.1) is 5.41 Å². The second kappa shape index (κ2) is 7.62. The van der Waals surface area contributed by atoms with Crippen molar-refractivity contribution in [1.29, 1.82) is 0 Å². The van der Waals surface area contributed by atoms with Crippen molar-refractivity contribution in [3.63, 3.8) is 0 Å². The molecule has 0 atom stereocenters. The maximum Gasteiger partial charge on any atom is 0.311 e. The molecule has 1 rings (SSSR count). The minimum Gasteiger partial charge on any atom is -0.481 e. The van der Waals surface area contributed by atoms with Crippen molar-refractivity contribution in [2.45, 2.75) is 19.3 Å². The maximum absolute atomic E-state index is 10.8. The van der Waals surface area contributed by atoms with Crippen LogP contribution in [0.5, 0.6) is 0 Å². The Morgan fingerprint density at radius 3 is 2.20 bits per heavy atom. The first-order valence-electron chi connectivity index (χ1n) is 3.76. The average molecular weight is 300 g/mol. The van der Waals surface area contributed by atoms with Crippen molar-refractivity contribution in [2.24, 2.45) is 0 Å². The normalized spacial score (nSPS) is 8.93. The van der Waals surface area contributed by atoms with Gasteiger partial charge in [-0.25, -0.2) is 0 Å². The number of rotatable bonds is 2. The Labute approximate surface area is 106 Å². The van der Waals surface area contributed by atoms with Gasteiger partial charge < -0.3 is 20.0 Å². The number of hydrogen-bond acceptors (Lipinski definition) is 1. The molecule has 2 nitrogen and oxygen atoms in total. The summed E-state index contributed by atoms with van der Waals surface area (Å²) in [6, 6.07) is 10.0. The Bertz CT molecular complexity index is 281. The molecule has 0 saturated carbocycles. The van der Waals surface area contributed by atoms with E-state index in [-0.39, 0.29) is 35.3 Å². The van der Waals surface area contributed by atoms with Gasteiger partial charge in [-0.05, 0) is 13.8 Å². The standard InChI is InChI=1S/C10H11O2.2CH3.Pd/c1-10(2,9(11)12)8-6-4-3-5-7-8;;;/h3-6H,1-2H3,(H,11,12);2*1H3;/q3*-1;. The monoisotopic (exact) mass is 299 g/mol. The van der Waals surface area contributed by atoms with Crippen molar-refractivity contribution in [3.8, 4) is 0 Å². The van der Waals surface area contributed by atoms with Crippen molar-refractivity contribution in [3.05, 3.63) is 50.7 Å². The van der Waals surface area contributed by atoms with Gasteiger partial charge in [0.2, 0.25) is 0 Å². The Morgan fingerprint density at radius 1 is 1.33 bits per heavy atom. The van der Waals surface area contributed by atoms with E-state index in [4.69, 9.17) is 5.11 Å². The summed E-state index contributed by atoms with van der Waals surface area (Å²) in [6.45, 7) is 3.34. The van der Waals surface area contributed by atoms with Gasteiger partial charge >= 0.3 is 5.97 Å². The molecule has 0 unspecified atom stereocenters. The second-order valence-electron chi connectivity index (χ2n) is 3.21. The van der Waals surface area contributed by atoms with Gasteiger partial charge in [-0.15, -0.1) is 5.56 Å². The predicted octanol–water partition coefficient (Wildman–Crippen LogP) is 2.75. The van der Waals surface area contributed by atoms with Crippen LogP contribution in [0.4, 0.5) is 0 Å². The van der Waals surface area contributed by atoms with Gasteiger partial charge in [-0.3, -0.25) is 4.79 Å². The van der Waals surface area contributed by atoms with Crippen LogP contribution in [0.1, 0.15) is 19.4 Å². The fourth-order valence-electron chi connectivity index (χ4n) is 0.897. The minimum atomic E-state index is -0.846. The van der Waals surface area contributed by atoms with E-state index < -0.39 is 11.4 Å². The molecule has 0 heterocycles. The van der Waals surface area contributed by atoms with E-state index in [1.165, 1.54) is 0 Å². The number of benzene rings is 1. The molecule has 0 aromatic heterocycles. The van der Waals surface area contributed by atoms with Crippen LogP contribution >= 0.6 is 0 Å². The summed E-state index contributed by atoms with van der Waals surface area (Å²) in [5.41, 5.74) is -0.140. The average Bonchev–Trinajstić information content (AvgIpc) is 2.06. The van der Waals surface area contributed by atoms with Crippen LogP contribution < -0.4 is 0 Å². The van der Waals surface area contributed by atoms with Crippen LogP contribution in [0.25, 0.3) is 0 Å². The maximum atomic E-state index is 10.8. The van der Waals surface area contributed by atoms with E-state index >= 15 is 0 Å². The molecule has 1 aromatic rings. The number of carbonyl (C=O) groups is 1. The molecule has 0 bridgehead atoms. The van der Waals surface area contributed by atoms with E-state index in [1.54, 1.807) is 26.0 Å². The van der Waals surface area contributed by atoms with E-state index in [0.29, 0.717) is 5.56 Å². The third-order valence-electron chi connectivity index (χ3n) is 1.92. The van der Waals surface area contributed by atoms with E-state index in [0.717, 1.165) is 0 Å². The quantitative estimate of drug-likeness (QED) is 0.673. The first-order valence-corrected chi connectivity index (χ1v) is 3.76. The van der Waals surface area contributed by atoms with Gasteiger partial charge in [0.25, 0.3) is 0 Å². The molecule has 15 heavy (non-hydrogen) atoms. The number of hydrogen-bond donors (Lipinski definition) is 1. The molecule has 1 N–H and O–H groups in total. The molecular weight excluding hydrogens is 283 g/mol. The van der Waals surface area contributed by atoms with Gasteiger partial charge in [-0.2, -0.15) is 30.3 Å². The zero-order chi connectivity index (χ0) is 9.19. The Kier molecular flexibility index (Phi) is 10.1. The molecule has 90 valence electrons. The molecule has 0 aliphatic carbocycles. The van der Waals surface area contributed by atoms with Crippen molar-refractivity contribution in [1.82, 2.24) is 0 Å². The molecule has 0 radical (unpaired) electrons. The summed E-state index contributed by atoms with van der Waals surface area (Å²) in [4.78, 5) is 10.8. The van der Waals surface area contributed by atoms with Crippen LogP contribution in [0.3, 0.4) is 0 Å². The summed E-state index contributed by atoms with van der Waals surface area (Å²) in [7, 11) is 0. The number of carboxylic acids is 1. The predicted molar refractivity (Wildman–Crippen MR) is 58.8 cm³/mol. The first kappa shape index (κ1) is 19.9. The first-order chi connectivity index (χ1) is 5.55. The molecule has 0 amide bonds. The summed E-state index contributed by atoms with van der Waals surface area (Å²) in [5.74, 6) is -0.829. The largest absolute Gasteiger partial charge is 0.481 e. The molecule has 0 aliphatic rings. The fraction of sp³-hybridized carbons (Fsp3) is 0.250. The van der Waals surface area contributed by atoms with E-state index in [9.17, 15) is 4.79 Å². The molecule has 0 fully saturated rings. The van der Waals surface area contributed by atoms with Crippen molar-refractivity contribution >= 4 is 5.97 Å². The number of carboxylic acid groups (broad SMARTS) is 1. The van der Waals surface area contributed by atoms with Gasteiger partial charge in [-0.1, -0.05) is 0 Å². The van der Waals surface area contributed by atoms with Crippen molar-refractivity contribution < 1.29 is 30.3 Å². The molecular formula is C12H17O2Pd-3. The van der Waals surface area contributed by atoms with Crippen LogP contribution in [-0.4, -0.2) is 11.1 Å². The summed E-state index contributed by atoms with van der Waals surface area (Å²) >= 11 is 0. The summed E-state index contributed by atoms with van der Waals surface area (Å²) in [5, 5.41) is 8.87. The zero-order valence-electron chi connectivity index (χ0n) is 9.48.